The van der Waals surface area contributed by atoms with Gasteiger partial charge in [0.2, 0.25) is 0 Å². The molecule has 0 aromatic heterocycles. The number of carbonyl (C=O) groups excluding carboxylic acids is 4. The average molecular weight is 1650 g/mol. The smallest absolute Gasteiger partial charge is 0.343 e. The molecule has 0 saturated heterocycles. The van der Waals surface area contributed by atoms with E-state index in [9.17, 15) is 29.3 Å². The number of methoxy groups -OCH3 is 1. The van der Waals surface area contributed by atoms with Crippen LogP contribution < -0.4 is 20.6 Å². The molecule has 1 amide bonds. The molecule has 0 saturated carbocycles. The minimum Gasteiger partial charge on any atom is -0.494 e. The summed E-state index contributed by atoms with van der Waals surface area (Å²) in [7, 11) is 3.24. The van der Waals surface area contributed by atoms with Gasteiger partial charge in [0, 0.05) is 290 Å². The summed E-state index contributed by atoms with van der Waals surface area (Å²) in [6.07, 6.45) is 5.34. The van der Waals surface area contributed by atoms with Crippen molar-refractivity contribution in [1.29, 1.82) is 5.53 Å². The Hall–Kier alpha value is -18.8. The first-order chi connectivity index (χ1) is 57.6. The van der Waals surface area contributed by atoms with E-state index in [1.165, 1.54) is 18.2 Å². The van der Waals surface area contributed by atoms with E-state index in [0.717, 1.165) is 37.3 Å². The molecular formula is C40H53N67O11. The molecule has 0 spiro atoms. The van der Waals surface area contributed by atoms with E-state index >= 15 is 0 Å². The number of aryl methyl sites for hydroxylation is 2. The number of hydrogen-bond donors (Lipinski definition) is 3. The zero-order valence-corrected chi connectivity index (χ0v) is 60.5. The summed E-state index contributed by atoms with van der Waals surface area (Å²) in [6.45, 7) is 15.1. The van der Waals surface area contributed by atoms with Crippen molar-refractivity contribution >= 4 is 29.5 Å². The normalized spacial score (nSPS) is 13.5. The largest absolute Gasteiger partial charge is 0.494 e. The zero-order chi connectivity index (χ0) is 86.3. The number of esters is 3. The monoisotopic (exact) mass is 1650 g/mol. The summed E-state index contributed by atoms with van der Waals surface area (Å²) >= 11 is 0. The van der Waals surface area contributed by atoms with Crippen LogP contribution in [0.3, 0.4) is 0 Å². The van der Waals surface area contributed by atoms with Crippen molar-refractivity contribution in [2.45, 2.75) is 65.6 Å². The Morgan fingerprint density at radius 1 is 0.424 bits per heavy atom. The molecule has 0 bridgehead atoms. The van der Waals surface area contributed by atoms with Gasteiger partial charge in [-0.25, -0.2) is 14.4 Å². The average Bonchev–Trinajstić information content (AvgIpc) is 0.845. The summed E-state index contributed by atoms with van der Waals surface area (Å²) in [5.41, 5.74) is 8.74. The molecule has 0 aliphatic heterocycles. The van der Waals surface area contributed by atoms with Crippen molar-refractivity contribution < 1.29 is 47.8 Å². The lowest BCUT2D eigenvalue weighted by Crippen LogP contribution is -2.17. The van der Waals surface area contributed by atoms with Gasteiger partial charge in [-0.3, -0.25) is 14.9 Å². The molecule has 2 atom stereocenters. The van der Waals surface area contributed by atoms with E-state index in [-0.39, 0.29) is 35.5 Å². The quantitative estimate of drug-likeness (QED) is 0.00694. The molecule has 3 rings (SSSR count). The third-order valence-electron chi connectivity index (χ3n) is 9.67. The number of hydrogen-bond acceptors (Lipinski definition) is 13. The lowest BCUT2D eigenvalue weighted by molar-refractivity contribution is -0.385. The number of nitrogens with two attached hydrogens (primary N) is 1. The Morgan fingerprint density at radius 3 is 0.958 bits per heavy atom. The van der Waals surface area contributed by atoms with E-state index in [1.807, 2.05) is 20.8 Å². The van der Waals surface area contributed by atoms with E-state index in [2.05, 4.69) is 353 Å². The maximum absolute atomic E-state index is 11.9. The Labute approximate surface area is 650 Å². The predicted octanol–water partition coefficient (Wildman–Crippen LogP) is 18.6. The molecule has 0 aliphatic rings. The van der Waals surface area contributed by atoms with Crippen molar-refractivity contribution in [3.8, 4) is 11.5 Å². The van der Waals surface area contributed by atoms with Crippen molar-refractivity contribution in [3.05, 3.63) is 124 Å². The van der Waals surface area contributed by atoms with Gasteiger partial charge >= 0.3 is 17.9 Å². The fourth-order valence-electron chi connectivity index (χ4n) is 5.34. The molecular weight excluding hydrogens is 1590 g/mol. The summed E-state index contributed by atoms with van der Waals surface area (Å²) < 4.78 is 25.6. The van der Waals surface area contributed by atoms with Gasteiger partial charge in [0.05, 0.1) is 35.4 Å². The number of ether oxygens (including phenoxy) is 5. The highest BCUT2D eigenvalue weighted by molar-refractivity contribution is 5.94. The van der Waals surface area contributed by atoms with Crippen LogP contribution in [0.1, 0.15) is 71.4 Å². The molecule has 0 radical (unpaired) electrons. The first-order valence-electron chi connectivity index (χ1n) is 29.8. The van der Waals surface area contributed by atoms with Gasteiger partial charge in [0.1, 0.15) is 11.5 Å². The van der Waals surface area contributed by atoms with Crippen LogP contribution in [0.4, 0.5) is 5.69 Å². The van der Waals surface area contributed by atoms with Crippen molar-refractivity contribution in [3.63, 3.8) is 0 Å². The Morgan fingerprint density at radius 2 is 0.695 bits per heavy atom. The van der Waals surface area contributed by atoms with Crippen LogP contribution in [0.25, 0.3) is 0 Å². The van der Waals surface area contributed by atoms with Gasteiger partial charge in [-0.15, -0.1) is 0 Å². The minimum absolute atomic E-state index is 0.0503. The van der Waals surface area contributed by atoms with Gasteiger partial charge in [-0.1, -0.05) is 36.1 Å². The van der Waals surface area contributed by atoms with Crippen LogP contribution >= 0.6 is 0 Å². The van der Waals surface area contributed by atoms with Gasteiger partial charge in [-0.05, 0) is 180 Å². The Kier molecular flexibility index (Phi) is 63.0. The van der Waals surface area contributed by atoms with Gasteiger partial charge in [0.15, 0.2) is 0 Å². The molecule has 3 aromatic carbocycles. The van der Waals surface area contributed by atoms with E-state index in [1.54, 1.807) is 75.7 Å². The topological polar surface area (TPSA) is 998 Å². The third-order valence-corrected chi connectivity index (χ3v) is 9.67. The number of amides is 1. The number of nitrogens with zero attached hydrogens (tertiary/aromatic N) is 64. The molecule has 0 aliphatic carbocycles. The fraction of sp³-hybridized carbons (Fsp3) is 0.350. The van der Waals surface area contributed by atoms with Crippen LogP contribution in [-0.4, -0.2) is 68.3 Å². The molecule has 118 heavy (non-hydrogen) atoms. The molecule has 2 unspecified atom stereocenters. The van der Waals surface area contributed by atoms with Crippen LogP contribution in [0, 0.1) is 29.5 Å². The number of rotatable bonds is 48. The molecule has 614 valence electrons. The van der Waals surface area contributed by atoms with Crippen LogP contribution in [0.2, 0.25) is 0 Å². The number of nitrogens with one attached hydrogen (secondary N) is 2. The maximum Gasteiger partial charge on any atom is 0.343 e. The van der Waals surface area contributed by atoms with E-state index in [4.69, 9.17) is 29.2 Å². The molecule has 78 nitrogen and oxygen atoms in total. The maximum atomic E-state index is 11.9. The van der Waals surface area contributed by atoms with Crippen molar-refractivity contribution in [2.24, 2.45) is 335 Å². The van der Waals surface area contributed by atoms with Crippen molar-refractivity contribution in [1.82, 2.24) is 5.32 Å². The van der Waals surface area contributed by atoms with Crippen molar-refractivity contribution in [2.75, 3.05) is 27.4 Å². The zero-order valence-electron chi connectivity index (χ0n) is 60.5. The Balaban J connectivity index is 0.00000204. The highest BCUT2D eigenvalue weighted by atomic mass is 16.6. The molecule has 4 N–H and O–H groups in total. The first kappa shape index (κ1) is 99.2. The fourth-order valence-corrected chi connectivity index (χ4v) is 5.34. The third kappa shape index (κ3) is 64.4. The lowest BCUT2D eigenvalue weighted by Gasteiger charge is -2.12. The standard InChI is InChI=1S/C16H21NO4.C15H13NO4.C9H16O3.H3N65/c1-4-15(18)21-12(2)6-5-11-20-14-9-7-13(8-10-14)16(19)17-3;1-10-3-6-12(7-4-10)15(17)20-13-8-5-11(2)14(9-13)16(18)19;1-4-9(10)12-8(2)6-5-7-11-3;1-3-5-7-9-11-13-15-17-19-21-23-25-27-29-31-33-35-37-39-41-43-45-47-49-51-53-55-57-59-61-63-65-64-62-60-58-56-54-52-50-48-46-44-42-40-38-36-34-32-30-28-26-24-22-20-18-16-14-12-10-8-6-4-2/h4,7-10,12H,1,5-6,11H2,2-3H3,(H,17,19);3-9H,1-2H3;4,8H,1,5-7H2,2-3H3;(H3,1,2,5,6,9,10,13,14,17,18,21,22,25,26,29,30,33,34,37,38,41,42,45,46,49,50,53,54,57,58,61,62,65). The Bertz CT molecular complexity index is 4480. The predicted molar refractivity (Wildman–Crippen MR) is 361 cm³/mol. The lowest BCUT2D eigenvalue weighted by atomic mass is 10.1. The SMILES string of the molecule is C=CC(=O)OC(C)CCCOC.C=CC(=O)OC(C)CCCOc1ccc(C(=O)NC)cc1.Cc1ccc(C(=O)Oc2ccc(C)c([N+](=O)[O-])c2)cc1.N=N/N=N/N=N/N=N/N=N/N=N/N=N/N=N/N=N/N=N/N=N/N=N/N=N/N=N/N=N/N=N/N=N/N=N/N=N/N=N/N=N/N=N/N=N/N=N/N=N/N=N/N=N/N=N/N=N/N=N/N=N/N=N/N. The highest BCUT2D eigenvalue weighted by Gasteiger charge is 2.15. The first-order valence-corrected chi connectivity index (χ1v) is 29.8. The summed E-state index contributed by atoms with van der Waals surface area (Å²) in [6, 6.07) is 18.2. The summed E-state index contributed by atoms with van der Waals surface area (Å²) in [5, 5.41) is 201. The minimum atomic E-state index is -0.539. The summed E-state index contributed by atoms with van der Waals surface area (Å²) in [5.74, 6) is 4.06. The second-order valence-corrected chi connectivity index (χ2v) is 17.3. The number of benzene rings is 3. The second-order valence-electron chi connectivity index (χ2n) is 17.3. The van der Waals surface area contributed by atoms with Crippen LogP contribution in [0.15, 0.2) is 421 Å². The van der Waals surface area contributed by atoms with Gasteiger partial charge in [0.25, 0.3) is 11.6 Å². The van der Waals surface area contributed by atoms with Gasteiger partial charge < -0.3 is 34.8 Å². The number of nitro benzene ring substituents is 1. The number of nitro groups is 1. The molecule has 3 aromatic rings. The summed E-state index contributed by atoms with van der Waals surface area (Å²) in [4.78, 5) is 55.3. The second kappa shape index (κ2) is 75.0. The van der Waals surface area contributed by atoms with E-state index in [0.29, 0.717) is 35.7 Å². The van der Waals surface area contributed by atoms with Gasteiger partial charge in [-0.2, -0.15) is 5.53 Å². The molecule has 0 heterocycles. The van der Waals surface area contributed by atoms with Crippen LogP contribution in [0.5, 0.6) is 11.5 Å². The molecule has 78 heteroatoms. The highest BCUT2D eigenvalue weighted by Crippen LogP contribution is 2.25. The number of carbonyl (C=O) groups is 4. The molecule has 0 fully saturated rings. The van der Waals surface area contributed by atoms with E-state index < -0.39 is 16.9 Å². The van der Waals surface area contributed by atoms with Crippen LogP contribution in [-0.2, 0) is 23.8 Å².